The van der Waals surface area contributed by atoms with Crippen LogP contribution in [-0.2, 0) is 13.1 Å². The second-order valence-electron chi connectivity index (χ2n) is 7.21. The summed E-state index contributed by atoms with van der Waals surface area (Å²) in [6.45, 7) is 6.96. The Morgan fingerprint density at radius 2 is 1.96 bits per heavy atom. The third-order valence-corrected chi connectivity index (χ3v) is 5.46. The zero-order valence-electron chi connectivity index (χ0n) is 15.8. The number of aromatic nitrogens is 1. The molecule has 0 saturated carbocycles. The van der Waals surface area contributed by atoms with Gasteiger partial charge in [0.05, 0.1) is 6.54 Å². The molecule has 1 amide bonds. The summed E-state index contributed by atoms with van der Waals surface area (Å²) in [5.41, 5.74) is 1.38. The van der Waals surface area contributed by atoms with E-state index in [1.807, 2.05) is 17.0 Å². The fourth-order valence-corrected chi connectivity index (χ4v) is 3.67. The molecule has 2 aromatic rings. The van der Waals surface area contributed by atoms with Crippen molar-refractivity contribution in [2.75, 3.05) is 13.1 Å². The first-order valence-corrected chi connectivity index (χ1v) is 10.1. The Kier molecular flexibility index (Phi) is 6.79. The molecule has 0 bridgehead atoms. The van der Waals surface area contributed by atoms with Crippen LogP contribution in [-0.4, -0.2) is 39.8 Å². The number of carbonyl (C=O) groups excluding carboxylic acids is 1. The fraction of sp³-hybridized carbons (Fsp3) is 0.500. The molecular formula is C20H25Cl2N3O2. The molecule has 1 aromatic carbocycles. The molecule has 0 spiro atoms. The van der Waals surface area contributed by atoms with Crippen LogP contribution < -0.4 is 0 Å². The van der Waals surface area contributed by atoms with E-state index in [1.54, 1.807) is 6.07 Å². The van der Waals surface area contributed by atoms with E-state index < -0.39 is 0 Å². The highest BCUT2D eigenvalue weighted by molar-refractivity contribution is 6.35. The van der Waals surface area contributed by atoms with Gasteiger partial charge in [0.1, 0.15) is 6.26 Å². The maximum absolute atomic E-state index is 12.6. The predicted molar refractivity (Wildman–Crippen MR) is 107 cm³/mol. The van der Waals surface area contributed by atoms with Crippen LogP contribution in [0.15, 0.2) is 28.9 Å². The number of likely N-dealkylation sites (tertiary alicyclic amines) is 1. The Morgan fingerprint density at radius 3 is 2.63 bits per heavy atom. The molecule has 0 N–H and O–H groups in total. The van der Waals surface area contributed by atoms with Crippen molar-refractivity contribution in [1.29, 1.82) is 0 Å². The first-order chi connectivity index (χ1) is 12.9. The molecular weight excluding hydrogens is 385 g/mol. The molecule has 5 nitrogen and oxygen atoms in total. The summed E-state index contributed by atoms with van der Waals surface area (Å²) in [6.07, 6.45) is 4.77. The highest BCUT2D eigenvalue weighted by Crippen LogP contribution is 2.24. The van der Waals surface area contributed by atoms with Crippen LogP contribution in [0.25, 0.3) is 0 Å². The number of benzene rings is 1. The number of hydrogen-bond donors (Lipinski definition) is 0. The molecule has 0 aliphatic carbocycles. The predicted octanol–water partition coefficient (Wildman–Crippen LogP) is 5.02. The second kappa shape index (κ2) is 9.09. The highest BCUT2D eigenvalue weighted by atomic mass is 35.5. The highest BCUT2D eigenvalue weighted by Gasteiger charge is 2.22. The summed E-state index contributed by atoms with van der Waals surface area (Å²) < 4.78 is 5.59. The fourth-order valence-electron chi connectivity index (χ4n) is 3.20. The van der Waals surface area contributed by atoms with E-state index in [2.05, 4.69) is 23.7 Å². The number of carbonyl (C=O) groups is 1. The van der Waals surface area contributed by atoms with Gasteiger partial charge in [0.15, 0.2) is 5.69 Å². The molecule has 3 rings (SSSR count). The van der Waals surface area contributed by atoms with Crippen molar-refractivity contribution in [3.05, 3.63) is 51.7 Å². The minimum Gasteiger partial charge on any atom is -0.447 e. The van der Waals surface area contributed by atoms with E-state index in [0.29, 0.717) is 34.7 Å². The Morgan fingerprint density at radius 1 is 1.22 bits per heavy atom. The van der Waals surface area contributed by atoms with Gasteiger partial charge in [-0.15, -0.1) is 0 Å². The van der Waals surface area contributed by atoms with E-state index in [4.69, 9.17) is 27.6 Å². The van der Waals surface area contributed by atoms with Gasteiger partial charge in [-0.2, -0.15) is 0 Å². The monoisotopic (exact) mass is 409 g/mol. The van der Waals surface area contributed by atoms with Gasteiger partial charge in [-0.05, 0) is 50.8 Å². The van der Waals surface area contributed by atoms with Gasteiger partial charge in [-0.1, -0.05) is 29.3 Å². The summed E-state index contributed by atoms with van der Waals surface area (Å²) in [4.78, 5) is 21.0. The Hall–Kier alpha value is -1.56. The third kappa shape index (κ3) is 5.24. The van der Waals surface area contributed by atoms with E-state index in [1.165, 1.54) is 12.7 Å². The standard InChI is InChI=1S/C20H25Cl2N3O2/c1-14(2)25(11-15-6-7-16(21)10-17(15)22)12-19-23-18(13-27-19)20(26)24-8-4-3-5-9-24/h6-7,10,13-14H,3-5,8-9,11-12H2,1-2H3. The Balaban J connectivity index is 1.68. The number of hydrogen-bond acceptors (Lipinski definition) is 4. The second-order valence-corrected chi connectivity index (χ2v) is 8.06. The third-order valence-electron chi connectivity index (χ3n) is 4.87. The van der Waals surface area contributed by atoms with Gasteiger partial charge in [0.25, 0.3) is 5.91 Å². The molecule has 7 heteroatoms. The Bertz CT molecular complexity index is 785. The van der Waals surface area contributed by atoms with Crippen LogP contribution in [0.5, 0.6) is 0 Å². The van der Waals surface area contributed by atoms with Gasteiger partial charge < -0.3 is 9.32 Å². The average Bonchev–Trinajstić information content (AvgIpc) is 3.11. The number of oxazole rings is 1. The first kappa shape index (κ1) is 20.2. The van der Waals surface area contributed by atoms with Crippen molar-refractivity contribution in [1.82, 2.24) is 14.8 Å². The lowest BCUT2D eigenvalue weighted by Crippen LogP contribution is -2.35. The van der Waals surface area contributed by atoms with E-state index >= 15 is 0 Å². The van der Waals surface area contributed by atoms with Gasteiger partial charge in [0.2, 0.25) is 5.89 Å². The number of nitrogens with zero attached hydrogens (tertiary/aromatic N) is 3. The van der Waals surface area contributed by atoms with Gasteiger partial charge in [-0.25, -0.2) is 4.98 Å². The van der Waals surface area contributed by atoms with Gasteiger partial charge in [-0.3, -0.25) is 9.69 Å². The lowest BCUT2D eigenvalue weighted by atomic mass is 10.1. The largest absolute Gasteiger partial charge is 0.447 e. The molecule has 1 fully saturated rings. The maximum Gasteiger partial charge on any atom is 0.275 e. The first-order valence-electron chi connectivity index (χ1n) is 9.35. The molecule has 1 aliphatic heterocycles. The molecule has 1 aromatic heterocycles. The molecule has 2 heterocycles. The topological polar surface area (TPSA) is 49.6 Å². The summed E-state index contributed by atoms with van der Waals surface area (Å²) >= 11 is 12.3. The van der Waals surface area contributed by atoms with Gasteiger partial charge in [0, 0.05) is 35.7 Å². The van der Waals surface area contributed by atoms with Gasteiger partial charge >= 0.3 is 0 Å². The molecule has 1 saturated heterocycles. The summed E-state index contributed by atoms with van der Waals surface area (Å²) in [7, 11) is 0. The van der Waals surface area contributed by atoms with Crippen molar-refractivity contribution >= 4 is 29.1 Å². The molecule has 0 radical (unpaired) electrons. The number of rotatable bonds is 6. The van der Waals surface area contributed by atoms with Crippen molar-refractivity contribution < 1.29 is 9.21 Å². The molecule has 27 heavy (non-hydrogen) atoms. The van der Waals surface area contributed by atoms with Crippen LogP contribution in [0.2, 0.25) is 10.0 Å². The van der Waals surface area contributed by atoms with Crippen LogP contribution in [0, 0.1) is 0 Å². The van der Waals surface area contributed by atoms with Crippen LogP contribution in [0.3, 0.4) is 0 Å². The van der Waals surface area contributed by atoms with E-state index in [-0.39, 0.29) is 11.9 Å². The lowest BCUT2D eigenvalue weighted by Gasteiger charge is -2.26. The summed E-state index contributed by atoms with van der Waals surface area (Å²) in [5.74, 6) is 0.496. The summed E-state index contributed by atoms with van der Waals surface area (Å²) in [5, 5.41) is 1.26. The van der Waals surface area contributed by atoms with Crippen LogP contribution in [0.1, 0.15) is 55.1 Å². The average molecular weight is 410 g/mol. The molecule has 1 aliphatic rings. The molecule has 146 valence electrons. The molecule has 0 atom stereocenters. The number of piperidine rings is 1. The van der Waals surface area contributed by atoms with Crippen molar-refractivity contribution in [3.8, 4) is 0 Å². The zero-order valence-corrected chi connectivity index (χ0v) is 17.3. The lowest BCUT2D eigenvalue weighted by molar-refractivity contribution is 0.0718. The summed E-state index contributed by atoms with van der Waals surface area (Å²) in [6, 6.07) is 5.77. The van der Waals surface area contributed by atoms with Crippen molar-refractivity contribution in [3.63, 3.8) is 0 Å². The normalized spacial score (nSPS) is 15.0. The quantitative estimate of drug-likeness (QED) is 0.671. The van der Waals surface area contributed by atoms with Crippen molar-refractivity contribution in [2.24, 2.45) is 0 Å². The number of amides is 1. The minimum atomic E-state index is -0.0402. The maximum atomic E-state index is 12.6. The minimum absolute atomic E-state index is 0.0402. The van der Waals surface area contributed by atoms with Crippen LogP contribution >= 0.6 is 23.2 Å². The van der Waals surface area contributed by atoms with Crippen LogP contribution in [0.4, 0.5) is 0 Å². The van der Waals surface area contributed by atoms with Crippen molar-refractivity contribution in [2.45, 2.75) is 52.2 Å². The van der Waals surface area contributed by atoms with E-state index in [0.717, 1.165) is 31.5 Å². The Labute approximate surface area is 170 Å². The van der Waals surface area contributed by atoms with E-state index in [9.17, 15) is 4.79 Å². The zero-order chi connectivity index (χ0) is 19.4. The smallest absolute Gasteiger partial charge is 0.275 e. The molecule has 0 unspecified atom stereocenters. The number of halogens is 2. The SMILES string of the molecule is CC(C)N(Cc1nc(C(=O)N2CCCCC2)co1)Cc1ccc(Cl)cc1Cl.